The Bertz CT molecular complexity index is 992. The van der Waals surface area contributed by atoms with Crippen molar-refractivity contribution in [2.75, 3.05) is 20.8 Å². The van der Waals surface area contributed by atoms with E-state index >= 15 is 0 Å². The first-order valence-electron chi connectivity index (χ1n) is 10.5. The van der Waals surface area contributed by atoms with Crippen LogP contribution in [0.3, 0.4) is 0 Å². The third kappa shape index (κ3) is 6.33. The predicted molar refractivity (Wildman–Crippen MR) is 122 cm³/mol. The number of hydrogen-bond donors (Lipinski definition) is 2. The Labute approximate surface area is 195 Å². The van der Waals surface area contributed by atoms with Crippen molar-refractivity contribution in [1.82, 2.24) is 0 Å². The molecule has 2 unspecified atom stereocenters. The van der Waals surface area contributed by atoms with Gasteiger partial charge in [0.05, 0.1) is 27.2 Å². The second kappa shape index (κ2) is 12.2. The molecule has 3 N–H and O–H groups in total. The van der Waals surface area contributed by atoms with Gasteiger partial charge < -0.3 is 32.3 Å². The van der Waals surface area contributed by atoms with Crippen molar-refractivity contribution in [3.63, 3.8) is 0 Å². The molecular weight excluding hydrogens is 426 g/mol. The first-order valence-corrected chi connectivity index (χ1v) is 10.5. The molecule has 3 aromatic rings. The van der Waals surface area contributed by atoms with Gasteiger partial charge in [-0.3, -0.25) is 4.79 Å². The number of Topliss-reactive ketones (excluding diaryl/α,β-unsaturated/α-hetero) is 1. The summed E-state index contributed by atoms with van der Waals surface area (Å²) in [4.78, 5) is 12.7. The van der Waals surface area contributed by atoms with Gasteiger partial charge in [0.25, 0.3) is 0 Å². The van der Waals surface area contributed by atoms with Crippen LogP contribution in [0.25, 0.3) is 11.1 Å². The second-order valence-corrected chi connectivity index (χ2v) is 7.56. The van der Waals surface area contributed by atoms with Crippen LogP contribution in [0.1, 0.15) is 35.4 Å². The van der Waals surface area contributed by atoms with Crippen LogP contribution in [0, 0.1) is 0 Å². The minimum Gasteiger partial charge on any atom is -1.00 e. The summed E-state index contributed by atoms with van der Waals surface area (Å²) in [5, 5.41) is 12.5. The number of ketones is 1. The molecular formula is C26H30ClNO4. The van der Waals surface area contributed by atoms with Crippen molar-refractivity contribution >= 4 is 5.78 Å². The quantitative estimate of drug-likeness (QED) is 0.440. The maximum Gasteiger partial charge on any atom is 0.168 e. The zero-order valence-electron chi connectivity index (χ0n) is 18.6. The topological polar surface area (TPSA) is 72.4 Å². The number of benzene rings is 3. The molecule has 0 fully saturated rings. The van der Waals surface area contributed by atoms with E-state index in [4.69, 9.17) is 9.47 Å². The largest absolute Gasteiger partial charge is 1.00 e. The van der Waals surface area contributed by atoms with Crippen molar-refractivity contribution in [3.05, 3.63) is 83.9 Å². The smallest absolute Gasteiger partial charge is 0.168 e. The highest BCUT2D eigenvalue weighted by molar-refractivity contribution is 5.97. The maximum atomic E-state index is 12.7. The Morgan fingerprint density at radius 2 is 1.66 bits per heavy atom. The van der Waals surface area contributed by atoms with E-state index in [1.54, 1.807) is 20.3 Å². The molecule has 0 bridgehead atoms. The summed E-state index contributed by atoms with van der Waals surface area (Å²) in [5.41, 5.74) is 3.43. The van der Waals surface area contributed by atoms with Crippen molar-refractivity contribution in [3.8, 4) is 22.6 Å². The second-order valence-electron chi connectivity index (χ2n) is 7.56. The molecule has 0 aliphatic carbocycles. The van der Waals surface area contributed by atoms with Crippen molar-refractivity contribution in [1.29, 1.82) is 0 Å². The number of aliphatic hydroxyl groups excluding tert-OH is 1. The number of halogens is 1. The normalized spacial score (nSPS) is 12.4. The van der Waals surface area contributed by atoms with Gasteiger partial charge in [0.1, 0.15) is 23.6 Å². The van der Waals surface area contributed by atoms with E-state index in [2.05, 4.69) is 0 Å². The van der Waals surface area contributed by atoms with Gasteiger partial charge in [0.2, 0.25) is 0 Å². The molecule has 32 heavy (non-hydrogen) atoms. The summed E-state index contributed by atoms with van der Waals surface area (Å²) in [6, 6.07) is 22.8. The van der Waals surface area contributed by atoms with Crippen LogP contribution in [-0.2, 0) is 0 Å². The van der Waals surface area contributed by atoms with Crippen LogP contribution in [0.2, 0.25) is 0 Å². The Kier molecular flexibility index (Phi) is 9.72. The molecule has 0 saturated heterocycles. The molecule has 0 heterocycles. The zero-order valence-corrected chi connectivity index (χ0v) is 19.4. The lowest BCUT2D eigenvalue weighted by atomic mass is 9.99. The fraction of sp³-hybridized carbons (Fsp3) is 0.269. The maximum absolute atomic E-state index is 12.7. The van der Waals surface area contributed by atoms with Gasteiger partial charge in [-0.1, -0.05) is 48.5 Å². The Hall–Kier alpha value is -2.86. The van der Waals surface area contributed by atoms with Gasteiger partial charge in [0.15, 0.2) is 5.78 Å². The molecule has 0 amide bonds. The number of carbonyl (C=O) groups excluding carboxylic acids is 1. The summed E-state index contributed by atoms with van der Waals surface area (Å²) in [6.07, 6.45) is -0.183. The molecule has 3 rings (SSSR count). The van der Waals surface area contributed by atoms with Crippen LogP contribution in [0.15, 0.2) is 72.8 Å². The highest BCUT2D eigenvalue weighted by atomic mass is 35.5. The van der Waals surface area contributed by atoms with Gasteiger partial charge in [-0.15, -0.1) is 0 Å². The molecule has 0 aromatic heterocycles. The van der Waals surface area contributed by atoms with Crippen molar-refractivity contribution in [2.45, 2.75) is 25.5 Å². The molecule has 0 radical (unpaired) electrons. The van der Waals surface area contributed by atoms with Gasteiger partial charge in [-0.2, -0.15) is 0 Å². The van der Waals surface area contributed by atoms with Crippen LogP contribution in [0.4, 0.5) is 0 Å². The summed E-state index contributed by atoms with van der Waals surface area (Å²) in [6.45, 7) is 2.57. The lowest BCUT2D eigenvalue weighted by molar-refractivity contribution is -0.693. The molecule has 0 aliphatic rings. The average molecular weight is 456 g/mol. The van der Waals surface area contributed by atoms with Gasteiger partial charge in [0, 0.05) is 11.1 Å². The Morgan fingerprint density at radius 1 is 0.969 bits per heavy atom. The van der Waals surface area contributed by atoms with E-state index in [1.165, 1.54) is 0 Å². The van der Waals surface area contributed by atoms with Crippen molar-refractivity contribution in [2.24, 2.45) is 0 Å². The number of methoxy groups -OCH3 is 2. The molecule has 170 valence electrons. The minimum absolute atomic E-state index is 0. The van der Waals surface area contributed by atoms with E-state index in [0.29, 0.717) is 24.3 Å². The monoisotopic (exact) mass is 455 g/mol. The number of ether oxygens (including phenoxy) is 2. The standard InChI is InChI=1S/C26H29NO4.ClH/c1-18(26(29)20-7-5-4-6-8-20)27-16-15-24(28)21-11-14-23(25(17-21)31-3)19-9-12-22(30-2)13-10-19;/h4-14,17-18,26-27,29H,15-16H2,1-3H3;1H. The summed E-state index contributed by atoms with van der Waals surface area (Å²) in [7, 11) is 3.24. The number of rotatable bonds is 10. The van der Waals surface area contributed by atoms with Crippen LogP contribution < -0.4 is 27.2 Å². The fourth-order valence-corrected chi connectivity index (χ4v) is 3.58. The molecule has 5 nitrogen and oxygen atoms in total. The van der Waals surface area contributed by atoms with Crippen molar-refractivity contribution < 1.29 is 37.1 Å². The molecule has 3 aromatic carbocycles. The third-order valence-corrected chi connectivity index (χ3v) is 5.47. The highest BCUT2D eigenvalue weighted by Crippen LogP contribution is 2.32. The molecule has 0 aliphatic heterocycles. The fourth-order valence-electron chi connectivity index (χ4n) is 3.58. The van der Waals surface area contributed by atoms with Crippen LogP contribution in [-0.4, -0.2) is 37.7 Å². The van der Waals surface area contributed by atoms with E-state index < -0.39 is 6.10 Å². The molecule has 0 saturated carbocycles. The average Bonchev–Trinajstić information content (AvgIpc) is 2.83. The van der Waals surface area contributed by atoms with E-state index in [0.717, 1.165) is 22.4 Å². The van der Waals surface area contributed by atoms with Gasteiger partial charge >= 0.3 is 0 Å². The molecule has 0 spiro atoms. The number of hydrogen-bond acceptors (Lipinski definition) is 4. The first-order chi connectivity index (χ1) is 15.0. The first kappa shape index (κ1) is 25.4. The summed E-state index contributed by atoms with van der Waals surface area (Å²) < 4.78 is 10.8. The van der Waals surface area contributed by atoms with Crippen LogP contribution in [0.5, 0.6) is 11.5 Å². The Balaban J connectivity index is 0.00000363. The van der Waals surface area contributed by atoms with Gasteiger partial charge in [-0.05, 0) is 42.3 Å². The van der Waals surface area contributed by atoms with E-state index in [1.807, 2.05) is 79.0 Å². The molecule has 6 heteroatoms. The van der Waals surface area contributed by atoms with Gasteiger partial charge in [-0.25, -0.2) is 0 Å². The van der Waals surface area contributed by atoms with E-state index in [-0.39, 0.29) is 24.2 Å². The number of carbonyl (C=O) groups is 1. The summed E-state index contributed by atoms with van der Waals surface area (Å²) >= 11 is 0. The highest BCUT2D eigenvalue weighted by Gasteiger charge is 2.19. The minimum atomic E-state index is -0.569. The summed E-state index contributed by atoms with van der Waals surface area (Å²) in [5.74, 6) is 1.50. The number of nitrogens with two attached hydrogens (primary N) is 1. The predicted octanol–water partition coefficient (Wildman–Crippen LogP) is 0.633. The Morgan fingerprint density at radius 3 is 2.28 bits per heavy atom. The molecule has 2 atom stereocenters. The van der Waals surface area contributed by atoms with Crippen LogP contribution >= 0.6 is 0 Å². The number of quaternary nitrogens is 1. The number of aliphatic hydroxyl groups is 1. The lowest BCUT2D eigenvalue weighted by Gasteiger charge is -2.17. The lowest BCUT2D eigenvalue weighted by Crippen LogP contribution is -3.00. The van der Waals surface area contributed by atoms with E-state index in [9.17, 15) is 9.90 Å². The third-order valence-electron chi connectivity index (χ3n) is 5.47. The zero-order chi connectivity index (χ0) is 22.2. The SMILES string of the molecule is COc1ccc(-c2ccc(C(=O)CC[NH2+]C(C)C(O)c3ccccc3)cc2OC)cc1.[Cl-].